The van der Waals surface area contributed by atoms with Crippen molar-refractivity contribution in [3.63, 3.8) is 0 Å². The number of carbonyl (C=O) groups is 2. The van der Waals surface area contributed by atoms with Gasteiger partial charge >= 0.3 is 5.97 Å². The van der Waals surface area contributed by atoms with Gasteiger partial charge in [-0.15, -0.1) is 0 Å². The fourth-order valence-corrected chi connectivity index (χ4v) is 3.10. The van der Waals surface area contributed by atoms with Gasteiger partial charge in [-0.2, -0.15) is 0 Å². The molecule has 0 radical (unpaired) electrons. The number of ether oxygens (including phenoxy) is 1. The molecule has 0 aliphatic heterocycles. The fraction of sp³-hybridized carbons (Fsp3) is 0.579. The molecular weight excluding hydrogens is 306 g/mol. The van der Waals surface area contributed by atoms with Gasteiger partial charge < -0.3 is 15.2 Å². The molecule has 2 atom stereocenters. The van der Waals surface area contributed by atoms with Gasteiger partial charge in [0.05, 0.1) is 18.4 Å². The van der Waals surface area contributed by atoms with Gasteiger partial charge in [0.2, 0.25) is 5.91 Å². The number of amides is 1. The zero-order valence-corrected chi connectivity index (χ0v) is 14.3. The lowest BCUT2D eigenvalue weighted by Gasteiger charge is -2.27. The van der Waals surface area contributed by atoms with Crippen LogP contribution in [0.1, 0.15) is 51.0 Å². The third kappa shape index (κ3) is 5.25. The van der Waals surface area contributed by atoms with Crippen LogP contribution in [0.3, 0.4) is 0 Å². The van der Waals surface area contributed by atoms with Crippen LogP contribution < -0.4 is 10.1 Å². The zero-order valence-electron chi connectivity index (χ0n) is 14.3. The predicted molar refractivity (Wildman–Crippen MR) is 91.8 cm³/mol. The minimum absolute atomic E-state index is 0.148. The monoisotopic (exact) mass is 333 g/mol. The first-order valence-corrected chi connectivity index (χ1v) is 8.84. The maximum absolute atomic E-state index is 12.3. The third-order valence-corrected chi connectivity index (χ3v) is 4.58. The van der Waals surface area contributed by atoms with Crippen molar-refractivity contribution >= 4 is 11.9 Å². The van der Waals surface area contributed by atoms with E-state index in [9.17, 15) is 14.7 Å². The summed E-state index contributed by atoms with van der Waals surface area (Å²) < 4.78 is 5.61. The Morgan fingerprint density at radius 2 is 1.83 bits per heavy atom. The van der Waals surface area contributed by atoms with Gasteiger partial charge in [-0.1, -0.05) is 38.3 Å². The van der Waals surface area contributed by atoms with Crippen molar-refractivity contribution in [2.45, 2.75) is 52.0 Å². The number of aliphatic carboxylic acids is 1. The van der Waals surface area contributed by atoms with E-state index in [1.54, 1.807) is 0 Å². The van der Waals surface area contributed by atoms with Crippen LogP contribution in [0.25, 0.3) is 0 Å². The van der Waals surface area contributed by atoms with Crippen molar-refractivity contribution < 1.29 is 19.4 Å². The van der Waals surface area contributed by atoms with Crippen LogP contribution >= 0.6 is 0 Å². The van der Waals surface area contributed by atoms with Crippen LogP contribution in [-0.4, -0.2) is 23.6 Å². The van der Waals surface area contributed by atoms with Crippen molar-refractivity contribution in [2.75, 3.05) is 6.61 Å². The predicted octanol–water partition coefficient (Wildman–Crippen LogP) is 3.37. The zero-order chi connectivity index (χ0) is 17.4. The van der Waals surface area contributed by atoms with Crippen molar-refractivity contribution in [3.8, 4) is 5.75 Å². The van der Waals surface area contributed by atoms with E-state index in [4.69, 9.17) is 4.74 Å². The molecule has 0 spiro atoms. The number of unbranched alkanes of at least 4 members (excludes halogenated alkanes) is 1. The summed E-state index contributed by atoms with van der Waals surface area (Å²) in [6.07, 6.45) is 5.20. The molecule has 1 saturated carbocycles. The van der Waals surface area contributed by atoms with Gasteiger partial charge in [-0.25, -0.2) is 0 Å². The first-order valence-electron chi connectivity index (χ1n) is 8.84. The summed E-state index contributed by atoms with van der Waals surface area (Å²) in [5, 5.41) is 12.2. The molecule has 2 N–H and O–H groups in total. The van der Waals surface area contributed by atoms with Crippen molar-refractivity contribution in [2.24, 2.45) is 11.8 Å². The molecule has 1 aliphatic rings. The molecule has 1 aromatic carbocycles. The lowest BCUT2D eigenvalue weighted by Crippen LogP contribution is -2.39. The number of nitrogens with one attached hydrogen (secondary N) is 1. The maximum Gasteiger partial charge on any atom is 0.307 e. The first-order chi connectivity index (χ1) is 11.6. The van der Waals surface area contributed by atoms with Gasteiger partial charge in [0, 0.05) is 6.54 Å². The van der Waals surface area contributed by atoms with Gasteiger partial charge in [-0.05, 0) is 37.0 Å². The minimum Gasteiger partial charge on any atom is -0.494 e. The SMILES string of the molecule is CCCCOc1ccc(CNC(=O)C2CCCCC2C(=O)O)cc1. The normalized spacial score (nSPS) is 20.4. The van der Waals surface area contributed by atoms with Crippen molar-refractivity contribution in [1.82, 2.24) is 5.32 Å². The summed E-state index contributed by atoms with van der Waals surface area (Å²) in [6.45, 7) is 3.25. The Labute approximate surface area is 143 Å². The Kier molecular flexibility index (Phi) is 7.09. The lowest BCUT2D eigenvalue weighted by molar-refractivity contribution is -0.148. The van der Waals surface area contributed by atoms with Gasteiger partial charge in [0.15, 0.2) is 0 Å². The molecule has 2 unspecified atom stereocenters. The van der Waals surface area contributed by atoms with E-state index in [2.05, 4.69) is 12.2 Å². The Balaban J connectivity index is 1.83. The standard InChI is InChI=1S/C19H27NO4/c1-2-3-12-24-15-10-8-14(9-11-15)13-20-18(21)16-6-4-5-7-17(16)19(22)23/h8-11,16-17H,2-7,12-13H2,1H3,(H,20,21)(H,22,23). The highest BCUT2D eigenvalue weighted by Crippen LogP contribution is 2.30. The third-order valence-electron chi connectivity index (χ3n) is 4.58. The molecule has 1 aliphatic carbocycles. The molecule has 1 aromatic rings. The molecule has 1 fully saturated rings. The summed E-state index contributed by atoms with van der Waals surface area (Å²) >= 11 is 0. The Hall–Kier alpha value is -2.04. The second-order valence-corrected chi connectivity index (χ2v) is 6.40. The quantitative estimate of drug-likeness (QED) is 0.715. The largest absolute Gasteiger partial charge is 0.494 e. The molecule has 5 nitrogen and oxygen atoms in total. The second kappa shape index (κ2) is 9.30. The number of hydrogen-bond acceptors (Lipinski definition) is 3. The molecule has 0 heterocycles. The highest BCUT2D eigenvalue weighted by molar-refractivity contribution is 5.84. The summed E-state index contributed by atoms with van der Waals surface area (Å²) in [7, 11) is 0. The maximum atomic E-state index is 12.3. The van der Waals surface area contributed by atoms with E-state index in [0.29, 0.717) is 26.0 Å². The highest BCUT2D eigenvalue weighted by Gasteiger charge is 2.35. The molecule has 5 heteroatoms. The number of carboxylic acids is 1. The van der Waals surface area contributed by atoms with Crippen LogP contribution in [0.15, 0.2) is 24.3 Å². The minimum atomic E-state index is -0.858. The second-order valence-electron chi connectivity index (χ2n) is 6.40. The summed E-state index contributed by atoms with van der Waals surface area (Å²) in [4.78, 5) is 23.6. The summed E-state index contributed by atoms with van der Waals surface area (Å²) in [5.41, 5.74) is 0.980. The van der Waals surface area contributed by atoms with Crippen molar-refractivity contribution in [3.05, 3.63) is 29.8 Å². The first kappa shape index (κ1) is 18.3. The summed E-state index contributed by atoms with van der Waals surface area (Å²) in [5.74, 6) is -1.13. The number of carbonyl (C=O) groups excluding carboxylic acids is 1. The average molecular weight is 333 g/mol. The van der Waals surface area contributed by atoms with Crippen LogP contribution in [0.5, 0.6) is 5.75 Å². The van der Waals surface area contributed by atoms with E-state index >= 15 is 0 Å². The molecular formula is C19H27NO4. The van der Waals surface area contributed by atoms with Gasteiger partial charge in [0.1, 0.15) is 5.75 Å². The van der Waals surface area contributed by atoms with E-state index in [1.165, 1.54) is 0 Å². The van der Waals surface area contributed by atoms with Gasteiger partial charge in [0.25, 0.3) is 0 Å². The van der Waals surface area contributed by atoms with E-state index in [0.717, 1.165) is 37.0 Å². The number of carboxylic acid groups (broad SMARTS) is 1. The number of rotatable bonds is 8. The number of benzene rings is 1. The molecule has 0 saturated heterocycles. The van der Waals surface area contributed by atoms with E-state index in [1.807, 2.05) is 24.3 Å². The van der Waals surface area contributed by atoms with Crippen molar-refractivity contribution in [1.29, 1.82) is 0 Å². The van der Waals surface area contributed by atoms with Crippen LogP contribution in [0.4, 0.5) is 0 Å². The van der Waals surface area contributed by atoms with Crippen LogP contribution in [0.2, 0.25) is 0 Å². The molecule has 0 bridgehead atoms. The molecule has 1 amide bonds. The fourth-order valence-electron chi connectivity index (χ4n) is 3.10. The molecule has 24 heavy (non-hydrogen) atoms. The Bertz CT molecular complexity index is 541. The lowest BCUT2D eigenvalue weighted by atomic mass is 9.78. The Morgan fingerprint density at radius 1 is 1.17 bits per heavy atom. The highest BCUT2D eigenvalue weighted by atomic mass is 16.5. The Morgan fingerprint density at radius 3 is 2.46 bits per heavy atom. The smallest absolute Gasteiger partial charge is 0.307 e. The van der Waals surface area contributed by atoms with E-state index < -0.39 is 17.8 Å². The summed E-state index contributed by atoms with van der Waals surface area (Å²) in [6, 6.07) is 7.66. The topological polar surface area (TPSA) is 75.6 Å². The average Bonchev–Trinajstić information content (AvgIpc) is 2.61. The molecule has 2 rings (SSSR count). The number of hydrogen-bond donors (Lipinski definition) is 2. The van der Waals surface area contributed by atoms with Crippen LogP contribution in [-0.2, 0) is 16.1 Å². The molecule has 0 aromatic heterocycles. The van der Waals surface area contributed by atoms with Crippen LogP contribution in [0, 0.1) is 11.8 Å². The van der Waals surface area contributed by atoms with E-state index in [-0.39, 0.29) is 5.91 Å². The van der Waals surface area contributed by atoms with Gasteiger partial charge in [-0.3, -0.25) is 9.59 Å². The molecule has 132 valence electrons.